The van der Waals surface area contributed by atoms with Gasteiger partial charge in [-0.1, -0.05) is 6.92 Å². The van der Waals surface area contributed by atoms with Crippen LogP contribution < -0.4 is 0 Å². The number of likely N-dealkylation sites (tertiary alicyclic amines) is 1. The largest absolute Gasteiger partial charge is 0.480 e. The van der Waals surface area contributed by atoms with Gasteiger partial charge in [-0.25, -0.2) is 4.79 Å². The van der Waals surface area contributed by atoms with Crippen molar-refractivity contribution >= 4 is 11.9 Å². The molecule has 1 atom stereocenters. The number of amides is 1. The van der Waals surface area contributed by atoms with Crippen LogP contribution in [0.5, 0.6) is 0 Å². The minimum Gasteiger partial charge on any atom is -0.480 e. The van der Waals surface area contributed by atoms with Crippen LogP contribution in [-0.2, 0) is 11.3 Å². The molecule has 0 radical (unpaired) electrons. The fourth-order valence-electron chi connectivity index (χ4n) is 2.46. The molecular weight excluding hydrogens is 232 g/mol. The van der Waals surface area contributed by atoms with Crippen LogP contribution in [0, 0.1) is 0 Å². The van der Waals surface area contributed by atoms with Gasteiger partial charge < -0.3 is 14.6 Å². The fraction of sp³-hybridized carbons (Fsp3) is 0.538. The Balaban J connectivity index is 2.20. The number of hydrogen-bond acceptors (Lipinski definition) is 2. The van der Waals surface area contributed by atoms with Gasteiger partial charge in [-0.2, -0.15) is 0 Å². The summed E-state index contributed by atoms with van der Waals surface area (Å²) in [5.41, 5.74) is 0.588. The van der Waals surface area contributed by atoms with E-state index in [1.807, 2.05) is 23.8 Å². The number of rotatable bonds is 4. The molecule has 0 spiro atoms. The van der Waals surface area contributed by atoms with Gasteiger partial charge in [0.2, 0.25) is 0 Å². The van der Waals surface area contributed by atoms with Crippen LogP contribution in [0.2, 0.25) is 0 Å². The van der Waals surface area contributed by atoms with Crippen molar-refractivity contribution in [1.29, 1.82) is 0 Å². The summed E-state index contributed by atoms with van der Waals surface area (Å²) in [6, 6.07) is 2.92. The van der Waals surface area contributed by atoms with E-state index in [0.717, 1.165) is 19.4 Å². The Hall–Kier alpha value is -1.78. The number of aromatic nitrogens is 1. The van der Waals surface area contributed by atoms with Gasteiger partial charge in [0, 0.05) is 19.3 Å². The molecule has 98 valence electrons. The molecule has 1 N–H and O–H groups in total. The molecular formula is C13H18N2O3. The summed E-state index contributed by atoms with van der Waals surface area (Å²) in [6.45, 7) is 3.36. The van der Waals surface area contributed by atoms with E-state index >= 15 is 0 Å². The van der Waals surface area contributed by atoms with Gasteiger partial charge in [-0.15, -0.1) is 0 Å². The highest BCUT2D eigenvalue weighted by molar-refractivity contribution is 5.95. The van der Waals surface area contributed by atoms with Gasteiger partial charge in [-0.05, 0) is 31.4 Å². The van der Waals surface area contributed by atoms with E-state index in [9.17, 15) is 9.59 Å². The van der Waals surface area contributed by atoms with Gasteiger partial charge in [0.25, 0.3) is 5.91 Å². The van der Waals surface area contributed by atoms with Gasteiger partial charge in [0.05, 0.1) is 0 Å². The van der Waals surface area contributed by atoms with Crippen LogP contribution in [0.15, 0.2) is 18.3 Å². The van der Waals surface area contributed by atoms with Crippen molar-refractivity contribution < 1.29 is 14.7 Å². The van der Waals surface area contributed by atoms with Gasteiger partial charge in [-0.3, -0.25) is 4.79 Å². The number of hydrogen-bond donors (Lipinski definition) is 1. The lowest BCUT2D eigenvalue weighted by molar-refractivity contribution is -0.141. The quantitative estimate of drug-likeness (QED) is 0.882. The fourth-order valence-corrected chi connectivity index (χ4v) is 2.46. The zero-order valence-electron chi connectivity index (χ0n) is 10.5. The number of aryl methyl sites for hydroxylation is 1. The minimum atomic E-state index is -0.908. The van der Waals surface area contributed by atoms with Crippen molar-refractivity contribution in [1.82, 2.24) is 9.47 Å². The standard InChI is InChI=1S/C13H18N2O3/c1-2-7-14-8-3-5-10(14)12(16)15-9-4-6-11(15)13(17)18/h3,5,8,11H,2,4,6-7,9H2,1H3,(H,17,18)/t11-/m1/s1. The molecule has 0 bridgehead atoms. The Kier molecular flexibility index (Phi) is 3.69. The van der Waals surface area contributed by atoms with Crippen molar-refractivity contribution in [3.8, 4) is 0 Å². The first-order valence-electron chi connectivity index (χ1n) is 6.34. The van der Waals surface area contributed by atoms with Crippen molar-refractivity contribution in [3.63, 3.8) is 0 Å². The average Bonchev–Trinajstić information content (AvgIpc) is 2.96. The van der Waals surface area contributed by atoms with Crippen molar-refractivity contribution in [2.75, 3.05) is 6.54 Å². The highest BCUT2D eigenvalue weighted by Crippen LogP contribution is 2.20. The molecule has 2 heterocycles. The van der Waals surface area contributed by atoms with Crippen LogP contribution >= 0.6 is 0 Å². The van der Waals surface area contributed by atoms with Crippen LogP contribution in [0.25, 0.3) is 0 Å². The molecule has 1 aromatic rings. The predicted molar refractivity (Wildman–Crippen MR) is 66.4 cm³/mol. The summed E-state index contributed by atoms with van der Waals surface area (Å²) >= 11 is 0. The second kappa shape index (κ2) is 5.25. The maximum absolute atomic E-state index is 12.4. The molecule has 2 rings (SSSR count). The third-order valence-electron chi connectivity index (χ3n) is 3.31. The molecule has 5 nitrogen and oxygen atoms in total. The molecule has 1 aliphatic rings. The first-order chi connectivity index (χ1) is 8.65. The molecule has 1 saturated heterocycles. The summed E-state index contributed by atoms with van der Waals surface area (Å²) in [6.07, 6.45) is 4.12. The normalized spacial score (nSPS) is 19.2. The predicted octanol–water partition coefficient (Wildman–Crippen LogP) is 1.59. The number of nitrogens with zero attached hydrogens (tertiary/aromatic N) is 2. The van der Waals surface area contributed by atoms with Crippen molar-refractivity contribution in [3.05, 3.63) is 24.0 Å². The van der Waals surface area contributed by atoms with E-state index < -0.39 is 12.0 Å². The highest BCUT2D eigenvalue weighted by atomic mass is 16.4. The molecule has 0 aromatic carbocycles. The zero-order valence-corrected chi connectivity index (χ0v) is 10.5. The van der Waals surface area contributed by atoms with E-state index in [4.69, 9.17) is 5.11 Å². The van der Waals surface area contributed by atoms with E-state index in [2.05, 4.69) is 0 Å². The number of carboxylic acid groups (broad SMARTS) is 1. The number of carboxylic acids is 1. The lowest BCUT2D eigenvalue weighted by atomic mass is 10.2. The maximum Gasteiger partial charge on any atom is 0.326 e. The third-order valence-corrected chi connectivity index (χ3v) is 3.31. The van der Waals surface area contributed by atoms with Crippen molar-refractivity contribution in [2.45, 2.75) is 38.8 Å². The lowest BCUT2D eigenvalue weighted by Gasteiger charge is -2.22. The highest BCUT2D eigenvalue weighted by Gasteiger charge is 2.35. The Bertz CT molecular complexity index is 453. The first-order valence-corrected chi connectivity index (χ1v) is 6.34. The number of carbonyl (C=O) groups excluding carboxylic acids is 1. The smallest absolute Gasteiger partial charge is 0.326 e. The van der Waals surface area contributed by atoms with E-state index in [1.165, 1.54) is 4.90 Å². The first kappa shape index (κ1) is 12.7. The molecule has 18 heavy (non-hydrogen) atoms. The second-order valence-electron chi connectivity index (χ2n) is 4.58. The van der Waals surface area contributed by atoms with Crippen LogP contribution in [0.3, 0.4) is 0 Å². The van der Waals surface area contributed by atoms with E-state index in [0.29, 0.717) is 18.7 Å². The number of carbonyl (C=O) groups is 2. The molecule has 5 heteroatoms. The van der Waals surface area contributed by atoms with Crippen molar-refractivity contribution in [2.24, 2.45) is 0 Å². The molecule has 0 saturated carbocycles. The Morgan fingerprint density at radius 3 is 2.94 bits per heavy atom. The summed E-state index contributed by atoms with van der Waals surface area (Å²) in [4.78, 5) is 24.9. The molecule has 0 unspecified atom stereocenters. The third kappa shape index (κ3) is 2.25. The SMILES string of the molecule is CCCn1cccc1C(=O)N1CCC[C@@H]1C(=O)O. The molecule has 1 aliphatic heterocycles. The van der Waals surface area contributed by atoms with Gasteiger partial charge >= 0.3 is 5.97 Å². The average molecular weight is 250 g/mol. The van der Waals surface area contributed by atoms with Gasteiger partial charge in [0.1, 0.15) is 11.7 Å². The summed E-state index contributed by atoms with van der Waals surface area (Å²) in [5.74, 6) is -1.08. The summed E-state index contributed by atoms with van der Waals surface area (Å²) < 4.78 is 1.89. The molecule has 0 aliphatic carbocycles. The van der Waals surface area contributed by atoms with E-state index in [1.54, 1.807) is 6.07 Å². The van der Waals surface area contributed by atoms with Crippen LogP contribution in [0.4, 0.5) is 0 Å². The molecule has 1 fully saturated rings. The second-order valence-corrected chi connectivity index (χ2v) is 4.58. The molecule has 1 amide bonds. The van der Waals surface area contributed by atoms with Gasteiger partial charge in [0.15, 0.2) is 0 Å². The van der Waals surface area contributed by atoms with E-state index in [-0.39, 0.29) is 5.91 Å². The molecule has 1 aromatic heterocycles. The maximum atomic E-state index is 12.4. The lowest BCUT2D eigenvalue weighted by Crippen LogP contribution is -2.41. The van der Waals surface area contributed by atoms with Crippen LogP contribution in [-0.4, -0.2) is 39.0 Å². The zero-order chi connectivity index (χ0) is 13.1. The minimum absolute atomic E-state index is 0.168. The summed E-state index contributed by atoms with van der Waals surface area (Å²) in [5, 5.41) is 9.10. The Morgan fingerprint density at radius 2 is 2.28 bits per heavy atom. The monoisotopic (exact) mass is 250 g/mol. The summed E-state index contributed by atoms with van der Waals surface area (Å²) in [7, 11) is 0. The Labute approximate surface area is 106 Å². The number of aliphatic carboxylic acids is 1. The Morgan fingerprint density at radius 1 is 1.50 bits per heavy atom. The van der Waals surface area contributed by atoms with Crippen LogP contribution in [0.1, 0.15) is 36.7 Å². The topological polar surface area (TPSA) is 62.5 Å².